The van der Waals surface area contributed by atoms with Gasteiger partial charge in [-0.05, 0) is 96.3 Å². The lowest BCUT2D eigenvalue weighted by Gasteiger charge is -2.20. The van der Waals surface area contributed by atoms with Gasteiger partial charge in [-0.1, -0.05) is 229 Å². The number of carbonyl (C=O) groups excluding carboxylic acids is 2. The molecule has 6 nitrogen and oxygen atoms in total. The quantitative estimate of drug-likeness (QED) is 0.0321. The molecule has 0 heterocycles. The van der Waals surface area contributed by atoms with Crippen molar-refractivity contribution in [3.63, 3.8) is 0 Å². The van der Waals surface area contributed by atoms with Gasteiger partial charge in [-0.25, -0.2) is 0 Å². The molecule has 0 saturated carbocycles. The molecule has 0 spiro atoms. The summed E-state index contributed by atoms with van der Waals surface area (Å²) in [5, 5.41) is 23.1. The van der Waals surface area contributed by atoms with E-state index >= 15 is 0 Å². The van der Waals surface area contributed by atoms with E-state index in [0.29, 0.717) is 19.4 Å². The molecule has 65 heavy (non-hydrogen) atoms. The van der Waals surface area contributed by atoms with Crippen molar-refractivity contribution in [3.05, 3.63) is 48.6 Å². The summed E-state index contributed by atoms with van der Waals surface area (Å²) in [4.78, 5) is 24.5. The summed E-state index contributed by atoms with van der Waals surface area (Å²) in [6.07, 6.45) is 68.4. The number of hydrogen-bond donors (Lipinski definition) is 3. The number of nitrogens with one attached hydrogen (secondary N) is 1. The second-order valence-electron chi connectivity index (χ2n) is 19.3. The Morgan fingerprint density at radius 2 is 0.769 bits per heavy atom. The van der Waals surface area contributed by atoms with Crippen molar-refractivity contribution in [3.8, 4) is 0 Å². The van der Waals surface area contributed by atoms with Gasteiger partial charge in [0.1, 0.15) is 0 Å². The largest absolute Gasteiger partial charge is 0.466 e. The number of aliphatic hydroxyl groups excluding tert-OH is 2. The molecule has 0 saturated heterocycles. The fraction of sp³-hybridized carbons (Fsp3) is 0.831. The average molecular weight is 913 g/mol. The van der Waals surface area contributed by atoms with Crippen LogP contribution in [0, 0.1) is 0 Å². The van der Waals surface area contributed by atoms with Crippen LogP contribution in [0.4, 0.5) is 0 Å². The van der Waals surface area contributed by atoms with Crippen LogP contribution >= 0.6 is 0 Å². The zero-order valence-electron chi connectivity index (χ0n) is 43.2. The third-order valence-corrected chi connectivity index (χ3v) is 12.8. The van der Waals surface area contributed by atoms with Crippen LogP contribution in [0.15, 0.2) is 48.6 Å². The molecule has 2 atom stereocenters. The minimum Gasteiger partial charge on any atom is -0.466 e. The van der Waals surface area contributed by atoms with Gasteiger partial charge in [-0.3, -0.25) is 9.59 Å². The summed E-state index contributed by atoms with van der Waals surface area (Å²) >= 11 is 0. The molecule has 0 aliphatic carbocycles. The van der Waals surface area contributed by atoms with Crippen LogP contribution in [-0.4, -0.2) is 47.4 Å². The summed E-state index contributed by atoms with van der Waals surface area (Å²) < 4.78 is 5.46. The smallest absolute Gasteiger partial charge is 0.305 e. The number of esters is 1. The third-order valence-electron chi connectivity index (χ3n) is 12.8. The summed E-state index contributed by atoms with van der Waals surface area (Å²) in [6, 6.07) is -0.648. The summed E-state index contributed by atoms with van der Waals surface area (Å²) in [5.74, 6) is -0.126. The van der Waals surface area contributed by atoms with Crippen LogP contribution < -0.4 is 5.32 Å². The van der Waals surface area contributed by atoms with E-state index in [2.05, 4.69) is 55.6 Å². The van der Waals surface area contributed by atoms with Gasteiger partial charge in [0.25, 0.3) is 0 Å². The molecule has 0 rings (SSSR count). The molecule has 0 fully saturated rings. The average Bonchev–Trinajstić information content (AvgIpc) is 3.31. The van der Waals surface area contributed by atoms with E-state index in [9.17, 15) is 19.8 Å². The number of hydrogen-bond acceptors (Lipinski definition) is 5. The number of allylic oxidation sites excluding steroid dienone is 7. The second-order valence-corrected chi connectivity index (χ2v) is 19.3. The SMILES string of the molecule is CCCCCC/C=C\C/C=C\CCCCCCCCCC(=O)OCCCCC/C=C\CCCCCCCC(=O)NC(CO)C(O)/C=C/CCCCCCCCCCCCCCCCCC. The molecule has 1 amide bonds. The number of carbonyl (C=O) groups is 2. The van der Waals surface area contributed by atoms with Crippen LogP contribution in [0.25, 0.3) is 0 Å². The molecule has 0 bridgehead atoms. The molecule has 2 unspecified atom stereocenters. The Morgan fingerprint density at radius 1 is 0.431 bits per heavy atom. The van der Waals surface area contributed by atoms with Gasteiger partial charge >= 0.3 is 5.97 Å². The topological polar surface area (TPSA) is 95.9 Å². The van der Waals surface area contributed by atoms with E-state index in [4.69, 9.17) is 4.74 Å². The van der Waals surface area contributed by atoms with Crippen molar-refractivity contribution >= 4 is 11.9 Å². The van der Waals surface area contributed by atoms with E-state index in [1.54, 1.807) is 6.08 Å². The molecule has 0 radical (unpaired) electrons. The summed E-state index contributed by atoms with van der Waals surface area (Å²) in [6.45, 7) is 4.83. The molecule has 6 heteroatoms. The monoisotopic (exact) mass is 912 g/mol. The first-order chi connectivity index (χ1) is 32.0. The second kappa shape index (κ2) is 54.4. The highest BCUT2D eigenvalue weighted by molar-refractivity contribution is 5.76. The van der Waals surface area contributed by atoms with Gasteiger partial charge in [0.2, 0.25) is 5.91 Å². The number of aliphatic hydroxyl groups is 2. The van der Waals surface area contributed by atoms with Gasteiger partial charge in [0.15, 0.2) is 0 Å². The maximum atomic E-state index is 12.5. The van der Waals surface area contributed by atoms with Gasteiger partial charge in [-0.2, -0.15) is 0 Å². The van der Waals surface area contributed by atoms with Gasteiger partial charge in [0, 0.05) is 12.8 Å². The van der Waals surface area contributed by atoms with Crippen LogP contribution in [-0.2, 0) is 14.3 Å². The van der Waals surface area contributed by atoms with Crippen LogP contribution in [0.2, 0.25) is 0 Å². The zero-order chi connectivity index (χ0) is 47.2. The predicted octanol–water partition coefficient (Wildman–Crippen LogP) is 17.4. The van der Waals surface area contributed by atoms with Crippen molar-refractivity contribution in [2.24, 2.45) is 0 Å². The normalized spacial score (nSPS) is 13.0. The van der Waals surface area contributed by atoms with Crippen molar-refractivity contribution in [2.75, 3.05) is 13.2 Å². The Hall–Kier alpha value is -2.18. The van der Waals surface area contributed by atoms with Crippen molar-refractivity contribution < 1.29 is 24.5 Å². The number of ether oxygens (including phenoxy) is 1. The van der Waals surface area contributed by atoms with E-state index in [0.717, 1.165) is 89.9 Å². The van der Waals surface area contributed by atoms with Crippen molar-refractivity contribution in [1.29, 1.82) is 0 Å². The Bertz CT molecular complexity index is 1100. The standard InChI is InChI=1S/C59H109NO5/c1-3-5-7-9-11-13-15-17-19-21-23-25-27-31-35-39-43-47-51-57(62)56(55-61)60-58(63)52-48-44-40-36-32-29-30-34-38-42-46-50-54-65-59(64)53-49-45-41-37-33-28-26-24-22-20-18-16-14-12-10-8-6-4-2/h14,16,20,22,30,34,47,51,56-57,61-62H,3-13,15,17-19,21,23-29,31-33,35-46,48-50,52-55H2,1-2H3,(H,60,63)/b16-14-,22-20-,34-30-,51-47+. The Labute approximate surface area is 404 Å². The molecule has 380 valence electrons. The van der Waals surface area contributed by atoms with Crippen molar-refractivity contribution in [2.45, 2.75) is 302 Å². The third kappa shape index (κ3) is 51.1. The van der Waals surface area contributed by atoms with Crippen molar-refractivity contribution in [1.82, 2.24) is 5.32 Å². The molecule has 0 aliphatic heterocycles. The Morgan fingerprint density at radius 3 is 1.20 bits per heavy atom. The van der Waals surface area contributed by atoms with Crippen LogP contribution in [0.5, 0.6) is 0 Å². The molecular weight excluding hydrogens is 803 g/mol. The van der Waals surface area contributed by atoms with Crippen LogP contribution in [0.1, 0.15) is 290 Å². The summed E-state index contributed by atoms with van der Waals surface area (Å²) in [5.41, 5.74) is 0. The minimum atomic E-state index is -0.862. The number of unbranched alkanes of at least 4 members (excludes halogenated alkanes) is 35. The van der Waals surface area contributed by atoms with E-state index in [1.807, 2.05) is 6.08 Å². The lowest BCUT2D eigenvalue weighted by atomic mass is 10.0. The Balaban J connectivity index is 3.54. The highest BCUT2D eigenvalue weighted by Gasteiger charge is 2.18. The highest BCUT2D eigenvalue weighted by Crippen LogP contribution is 2.16. The minimum absolute atomic E-state index is 0.0320. The first kappa shape index (κ1) is 62.8. The molecule has 3 N–H and O–H groups in total. The van der Waals surface area contributed by atoms with Gasteiger partial charge in [-0.15, -0.1) is 0 Å². The predicted molar refractivity (Wildman–Crippen MR) is 282 cm³/mol. The van der Waals surface area contributed by atoms with Gasteiger partial charge in [0.05, 0.1) is 25.4 Å². The lowest BCUT2D eigenvalue weighted by Crippen LogP contribution is -2.45. The Kier molecular flexibility index (Phi) is 52.6. The van der Waals surface area contributed by atoms with E-state index in [1.165, 1.54) is 173 Å². The lowest BCUT2D eigenvalue weighted by molar-refractivity contribution is -0.143. The molecule has 0 aromatic rings. The first-order valence-electron chi connectivity index (χ1n) is 28.4. The zero-order valence-corrected chi connectivity index (χ0v) is 43.2. The van der Waals surface area contributed by atoms with E-state index < -0.39 is 12.1 Å². The molecule has 0 aliphatic rings. The molecule has 0 aromatic carbocycles. The fourth-order valence-corrected chi connectivity index (χ4v) is 8.42. The molecule has 0 aromatic heterocycles. The molecular formula is C59H109NO5. The number of amides is 1. The maximum absolute atomic E-state index is 12.5. The van der Waals surface area contributed by atoms with Gasteiger partial charge < -0.3 is 20.3 Å². The summed E-state index contributed by atoms with van der Waals surface area (Å²) in [7, 11) is 0. The van der Waals surface area contributed by atoms with E-state index in [-0.39, 0.29) is 18.5 Å². The highest BCUT2D eigenvalue weighted by atomic mass is 16.5. The number of rotatable bonds is 52. The first-order valence-corrected chi connectivity index (χ1v) is 28.4. The van der Waals surface area contributed by atoms with Crippen LogP contribution in [0.3, 0.4) is 0 Å². The maximum Gasteiger partial charge on any atom is 0.305 e. The fourth-order valence-electron chi connectivity index (χ4n) is 8.42.